The maximum Gasteiger partial charge on any atom is 0.259 e. The number of hydrogen-bond acceptors (Lipinski definition) is 5. The van der Waals surface area contributed by atoms with Crippen molar-refractivity contribution >= 4 is 17.5 Å². The van der Waals surface area contributed by atoms with Crippen molar-refractivity contribution in [2.45, 2.75) is 38.5 Å². The summed E-state index contributed by atoms with van der Waals surface area (Å²) in [6.45, 7) is 6.65. The van der Waals surface area contributed by atoms with E-state index >= 15 is 0 Å². The van der Waals surface area contributed by atoms with E-state index in [0.29, 0.717) is 18.7 Å². The van der Waals surface area contributed by atoms with Gasteiger partial charge >= 0.3 is 0 Å². The molecule has 4 rings (SSSR count). The first-order chi connectivity index (χ1) is 13.8. The fourth-order valence-electron chi connectivity index (χ4n) is 4.12. The van der Waals surface area contributed by atoms with Crippen LogP contribution in [0.4, 0.5) is 0 Å². The van der Waals surface area contributed by atoms with Crippen LogP contribution in [0, 0.1) is 0 Å². The third-order valence-electron chi connectivity index (χ3n) is 5.40. The molecule has 29 heavy (non-hydrogen) atoms. The molecule has 1 N–H and O–H groups in total. The second kappa shape index (κ2) is 7.94. The van der Waals surface area contributed by atoms with Crippen molar-refractivity contribution in [3.05, 3.63) is 58.2 Å². The molecule has 1 atom stereocenters. The van der Waals surface area contributed by atoms with Crippen molar-refractivity contribution in [1.82, 2.24) is 14.8 Å². The predicted octanol–water partition coefficient (Wildman–Crippen LogP) is 2.77. The van der Waals surface area contributed by atoms with Gasteiger partial charge in [0, 0.05) is 26.2 Å². The molecule has 2 aliphatic rings. The summed E-state index contributed by atoms with van der Waals surface area (Å²) >= 11 is 5.97. The molecule has 0 radical (unpaired) electrons. The van der Waals surface area contributed by atoms with E-state index < -0.39 is 11.7 Å². The van der Waals surface area contributed by atoms with Gasteiger partial charge in [0.15, 0.2) is 0 Å². The van der Waals surface area contributed by atoms with Crippen LogP contribution in [0.15, 0.2) is 36.4 Å². The molecule has 0 spiro atoms. The van der Waals surface area contributed by atoms with Gasteiger partial charge in [0.1, 0.15) is 16.3 Å². The molecule has 0 saturated carbocycles. The van der Waals surface area contributed by atoms with E-state index in [-0.39, 0.29) is 23.5 Å². The molecule has 2 aromatic rings. The second-order valence-electron chi connectivity index (χ2n) is 8.44. The molecule has 0 bridgehead atoms. The number of aliphatic hydroxyl groups excluding tert-OH is 1. The maximum absolute atomic E-state index is 13.1. The molecule has 1 aromatic heterocycles. The van der Waals surface area contributed by atoms with Crippen LogP contribution in [0.2, 0.25) is 5.15 Å². The van der Waals surface area contributed by atoms with Gasteiger partial charge in [0.2, 0.25) is 5.88 Å². The van der Waals surface area contributed by atoms with Crippen LogP contribution in [0.3, 0.4) is 0 Å². The third-order valence-corrected chi connectivity index (χ3v) is 5.61. The Bertz CT molecular complexity index is 918. The quantitative estimate of drug-likeness (QED) is 0.778. The molecule has 1 aromatic carbocycles. The molecule has 0 fully saturated rings. The molecule has 2 aliphatic heterocycles. The van der Waals surface area contributed by atoms with Crippen LogP contribution in [0.1, 0.15) is 35.3 Å². The smallest absolute Gasteiger partial charge is 0.259 e. The first kappa shape index (κ1) is 20.1. The van der Waals surface area contributed by atoms with Crippen molar-refractivity contribution in [2.24, 2.45) is 0 Å². The molecular weight excluding hydrogens is 390 g/mol. The fraction of sp³-hybridized carbons (Fsp3) is 0.455. The number of β-amino-alcohol motifs (C(OH)–C–C–N with tert-alkyl or cyclic N) is 1. The highest BCUT2D eigenvalue weighted by atomic mass is 35.5. The van der Waals surface area contributed by atoms with E-state index in [9.17, 15) is 9.90 Å². The fourth-order valence-corrected chi connectivity index (χ4v) is 4.26. The second-order valence-corrected chi connectivity index (χ2v) is 8.83. The SMILES string of the molecule is CC1(C)CN(C[C@H](O)CN2CCc3ccccc3C2)C(=O)c2ccc(Cl)nc2O1. The van der Waals surface area contributed by atoms with Crippen LogP contribution in [-0.4, -0.2) is 63.7 Å². The summed E-state index contributed by atoms with van der Waals surface area (Å²) in [5.74, 6) is 0.0508. The Kier molecular flexibility index (Phi) is 5.51. The molecule has 3 heterocycles. The van der Waals surface area contributed by atoms with Gasteiger partial charge in [-0.15, -0.1) is 0 Å². The van der Waals surface area contributed by atoms with Crippen LogP contribution < -0.4 is 4.74 Å². The van der Waals surface area contributed by atoms with Crippen molar-refractivity contribution in [2.75, 3.05) is 26.2 Å². The average Bonchev–Trinajstić information content (AvgIpc) is 2.75. The average molecular weight is 416 g/mol. The van der Waals surface area contributed by atoms with E-state index in [2.05, 4.69) is 34.1 Å². The number of hydrogen-bond donors (Lipinski definition) is 1. The molecule has 0 saturated heterocycles. The highest BCUT2D eigenvalue weighted by Crippen LogP contribution is 2.29. The van der Waals surface area contributed by atoms with Crippen LogP contribution in [0.5, 0.6) is 5.88 Å². The topological polar surface area (TPSA) is 65.9 Å². The van der Waals surface area contributed by atoms with Crippen LogP contribution in [0.25, 0.3) is 0 Å². The normalized spacial score (nSPS) is 19.7. The van der Waals surface area contributed by atoms with Crippen molar-refractivity contribution in [3.8, 4) is 5.88 Å². The zero-order chi connectivity index (χ0) is 20.6. The summed E-state index contributed by atoms with van der Waals surface area (Å²) in [6.07, 6.45) is 0.327. The lowest BCUT2D eigenvalue weighted by atomic mass is 9.99. The van der Waals surface area contributed by atoms with Crippen molar-refractivity contribution < 1.29 is 14.6 Å². The summed E-state index contributed by atoms with van der Waals surface area (Å²) in [7, 11) is 0. The lowest BCUT2D eigenvalue weighted by molar-refractivity contribution is 0.0278. The molecular formula is C22H26ClN3O3. The molecule has 0 aliphatic carbocycles. The number of fused-ring (bicyclic) bond motifs is 2. The number of aliphatic hydroxyl groups is 1. The summed E-state index contributed by atoms with van der Waals surface area (Å²) in [5, 5.41) is 11.0. The Labute approximate surface area is 176 Å². The van der Waals surface area contributed by atoms with Gasteiger partial charge in [-0.05, 0) is 43.5 Å². The Hall–Kier alpha value is -2.15. The number of nitrogens with zero attached hydrogens (tertiary/aromatic N) is 3. The van der Waals surface area contributed by atoms with Gasteiger partial charge in [-0.2, -0.15) is 0 Å². The number of carbonyl (C=O) groups excluding carboxylic acids is 1. The van der Waals surface area contributed by atoms with Gasteiger partial charge in [-0.3, -0.25) is 9.69 Å². The number of rotatable bonds is 4. The minimum Gasteiger partial charge on any atom is -0.469 e. The third kappa shape index (κ3) is 4.55. The van der Waals surface area contributed by atoms with E-state index in [1.54, 1.807) is 17.0 Å². The Balaban J connectivity index is 1.45. The lowest BCUT2D eigenvalue weighted by Crippen LogP contribution is -2.48. The maximum atomic E-state index is 13.1. The zero-order valence-corrected chi connectivity index (χ0v) is 17.5. The van der Waals surface area contributed by atoms with Gasteiger partial charge in [0.05, 0.1) is 12.6 Å². The first-order valence-electron chi connectivity index (χ1n) is 9.93. The molecule has 1 amide bonds. The molecule has 7 heteroatoms. The van der Waals surface area contributed by atoms with Gasteiger partial charge < -0.3 is 14.7 Å². The van der Waals surface area contributed by atoms with Crippen molar-refractivity contribution in [3.63, 3.8) is 0 Å². The van der Waals surface area contributed by atoms with E-state index in [1.165, 1.54) is 11.1 Å². The number of aromatic nitrogens is 1. The predicted molar refractivity (Wildman–Crippen MR) is 111 cm³/mol. The number of halogens is 1. The minimum atomic E-state index is -0.651. The minimum absolute atomic E-state index is 0.196. The lowest BCUT2D eigenvalue weighted by Gasteiger charge is -2.33. The van der Waals surface area contributed by atoms with Gasteiger partial charge in [-0.25, -0.2) is 4.98 Å². The standard InChI is InChI=1S/C22H26ClN3O3/c1-22(2)14-26(21(28)18-7-8-19(23)24-20(18)29-22)13-17(27)12-25-10-9-15-5-3-4-6-16(15)11-25/h3-8,17,27H,9-14H2,1-2H3/t17-/m1/s1. The zero-order valence-electron chi connectivity index (χ0n) is 16.8. The number of carbonyl (C=O) groups is 1. The highest BCUT2D eigenvalue weighted by Gasteiger charge is 2.35. The van der Waals surface area contributed by atoms with E-state index in [0.717, 1.165) is 19.5 Å². The summed E-state index contributed by atoms with van der Waals surface area (Å²) in [4.78, 5) is 21.1. The largest absolute Gasteiger partial charge is 0.469 e. The molecule has 0 unspecified atom stereocenters. The Morgan fingerprint density at radius 1 is 1.21 bits per heavy atom. The number of benzene rings is 1. The summed E-state index contributed by atoms with van der Waals surface area (Å²) in [6, 6.07) is 11.6. The molecule has 154 valence electrons. The Morgan fingerprint density at radius 2 is 1.97 bits per heavy atom. The number of pyridine rings is 1. The number of ether oxygens (including phenoxy) is 1. The highest BCUT2D eigenvalue weighted by molar-refractivity contribution is 6.29. The van der Waals surface area contributed by atoms with Gasteiger partial charge in [-0.1, -0.05) is 35.9 Å². The number of amides is 1. The first-order valence-corrected chi connectivity index (χ1v) is 10.3. The van der Waals surface area contributed by atoms with Crippen molar-refractivity contribution in [1.29, 1.82) is 0 Å². The van der Waals surface area contributed by atoms with Crippen LogP contribution >= 0.6 is 11.6 Å². The van der Waals surface area contributed by atoms with Gasteiger partial charge in [0.25, 0.3) is 5.91 Å². The van der Waals surface area contributed by atoms with E-state index in [1.807, 2.05) is 13.8 Å². The van der Waals surface area contributed by atoms with E-state index in [4.69, 9.17) is 16.3 Å². The Morgan fingerprint density at radius 3 is 2.76 bits per heavy atom. The van der Waals surface area contributed by atoms with Crippen LogP contribution in [-0.2, 0) is 13.0 Å². The summed E-state index contributed by atoms with van der Waals surface area (Å²) < 4.78 is 5.95. The monoisotopic (exact) mass is 415 g/mol. The summed E-state index contributed by atoms with van der Waals surface area (Å²) in [5.41, 5.74) is 2.42. The molecule has 6 nitrogen and oxygen atoms in total.